The highest BCUT2D eigenvalue weighted by molar-refractivity contribution is 5.46. The molecule has 1 rings (SSSR count). The van der Waals surface area contributed by atoms with Crippen LogP contribution in [0.1, 0.15) is 64.7 Å². The Labute approximate surface area is 131 Å². The molecule has 0 aliphatic rings. The summed E-state index contributed by atoms with van der Waals surface area (Å²) in [7, 11) is 2.08. The van der Waals surface area contributed by atoms with Crippen molar-refractivity contribution in [1.82, 2.24) is 0 Å². The summed E-state index contributed by atoms with van der Waals surface area (Å²) in [5.41, 5.74) is 1.19. The second-order valence-corrected chi connectivity index (χ2v) is 6.05. The summed E-state index contributed by atoms with van der Waals surface area (Å²) in [5, 5.41) is 9.62. The predicted molar refractivity (Wildman–Crippen MR) is 92.9 cm³/mol. The van der Waals surface area contributed by atoms with Crippen LogP contribution in [-0.2, 0) is 0 Å². The number of likely N-dealkylation sites (N-methyl/N-ethyl adjacent to an activating group) is 1. The van der Waals surface area contributed by atoms with E-state index in [0.29, 0.717) is 0 Å². The lowest BCUT2D eigenvalue weighted by Gasteiger charge is -2.28. The van der Waals surface area contributed by atoms with Crippen LogP contribution in [0.2, 0.25) is 0 Å². The molecule has 1 aromatic rings. The number of para-hydroxylation sites is 1. The minimum absolute atomic E-state index is 0.238. The largest absolute Gasteiger partial charge is 0.394 e. The highest BCUT2D eigenvalue weighted by Crippen LogP contribution is 2.18. The first-order valence-electron chi connectivity index (χ1n) is 8.68. The van der Waals surface area contributed by atoms with Crippen molar-refractivity contribution in [2.45, 2.75) is 70.8 Å². The molecule has 0 amide bonds. The van der Waals surface area contributed by atoms with Crippen LogP contribution in [-0.4, -0.2) is 24.8 Å². The number of anilines is 1. The fraction of sp³-hybridized carbons (Fsp3) is 0.684. The Morgan fingerprint density at radius 1 is 0.905 bits per heavy atom. The van der Waals surface area contributed by atoms with Gasteiger partial charge >= 0.3 is 0 Å². The van der Waals surface area contributed by atoms with Gasteiger partial charge in [-0.15, -0.1) is 0 Å². The normalized spacial score (nSPS) is 12.3. The molecule has 0 aliphatic heterocycles. The molecular formula is C19H33NO. The van der Waals surface area contributed by atoms with E-state index in [0.717, 1.165) is 6.42 Å². The van der Waals surface area contributed by atoms with Crippen molar-refractivity contribution < 1.29 is 5.11 Å². The van der Waals surface area contributed by atoms with Gasteiger partial charge in [0, 0.05) is 12.7 Å². The molecule has 0 heterocycles. The zero-order valence-electron chi connectivity index (χ0n) is 13.9. The standard InChI is InChI=1S/C19H33NO/c1-3-4-5-6-7-8-9-11-16-19(17-21)20(2)18-14-12-10-13-15-18/h10,12-15,19,21H,3-9,11,16-17H2,1-2H3. The molecule has 21 heavy (non-hydrogen) atoms. The lowest BCUT2D eigenvalue weighted by molar-refractivity contribution is 0.253. The van der Waals surface area contributed by atoms with E-state index < -0.39 is 0 Å². The van der Waals surface area contributed by atoms with Gasteiger partial charge in [-0.1, -0.05) is 76.5 Å². The van der Waals surface area contributed by atoms with Crippen LogP contribution >= 0.6 is 0 Å². The van der Waals surface area contributed by atoms with Crippen molar-refractivity contribution in [1.29, 1.82) is 0 Å². The topological polar surface area (TPSA) is 23.5 Å². The van der Waals surface area contributed by atoms with Gasteiger partial charge < -0.3 is 10.0 Å². The maximum atomic E-state index is 9.62. The van der Waals surface area contributed by atoms with Crippen LogP contribution in [0, 0.1) is 0 Å². The van der Waals surface area contributed by atoms with Crippen LogP contribution in [0.3, 0.4) is 0 Å². The molecular weight excluding hydrogens is 258 g/mol. The molecule has 0 radical (unpaired) electrons. The summed E-state index contributed by atoms with van der Waals surface area (Å²) in [6.07, 6.45) is 11.8. The molecule has 0 saturated heterocycles. The molecule has 2 nitrogen and oxygen atoms in total. The average molecular weight is 291 g/mol. The molecule has 1 unspecified atom stereocenters. The predicted octanol–water partition coefficient (Wildman–Crippen LogP) is 5.01. The lowest BCUT2D eigenvalue weighted by atomic mass is 10.0. The number of rotatable bonds is 12. The van der Waals surface area contributed by atoms with Gasteiger partial charge in [0.05, 0.1) is 12.6 Å². The molecule has 1 atom stereocenters. The maximum absolute atomic E-state index is 9.62. The Morgan fingerprint density at radius 2 is 1.48 bits per heavy atom. The first-order valence-corrected chi connectivity index (χ1v) is 8.68. The summed E-state index contributed by atoms with van der Waals surface area (Å²) < 4.78 is 0. The number of aliphatic hydroxyl groups excluding tert-OH is 1. The van der Waals surface area contributed by atoms with Gasteiger partial charge in [-0.05, 0) is 18.6 Å². The molecule has 0 bridgehead atoms. The molecule has 0 saturated carbocycles. The van der Waals surface area contributed by atoms with E-state index in [4.69, 9.17) is 0 Å². The minimum Gasteiger partial charge on any atom is -0.394 e. The van der Waals surface area contributed by atoms with E-state index in [1.54, 1.807) is 0 Å². The van der Waals surface area contributed by atoms with Crippen LogP contribution in [0.4, 0.5) is 5.69 Å². The Hall–Kier alpha value is -1.02. The van der Waals surface area contributed by atoms with Gasteiger partial charge in [-0.25, -0.2) is 0 Å². The zero-order valence-corrected chi connectivity index (χ0v) is 13.9. The zero-order chi connectivity index (χ0) is 15.3. The lowest BCUT2D eigenvalue weighted by Crippen LogP contribution is -2.34. The quantitative estimate of drug-likeness (QED) is 0.547. The molecule has 0 aromatic heterocycles. The maximum Gasteiger partial charge on any atom is 0.0634 e. The Bertz CT molecular complexity index is 339. The fourth-order valence-corrected chi connectivity index (χ4v) is 2.80. The first kappa shape index (κ1) is 18.0. The van der Waals surface area contributed by atoms with Gasteiger partial charge in [0.1, 0.15) is 0 Å². The Morgan fingerprint density at radius 3 is 2.05 bits per heavy atom. The Balaban J connectivity index is 2.16. The van der Waals surface area contributed by atoms with Crippen LogP contribution in [0.15, 0.2) is 30.3 Å². The molecule has 0 spiro atoms. The summed E-state index contributed by atoms with van der Waals surface area (Å²) in [4.78, 5) is 2.21. The SMILES string of the molecule is CCCCCCCCCCC(CO)N(C)c1ccccc1. The van der Waals surface area contributed by atoms with Crippen LogP contribution in [0.5, 0.6) is 0 Å². The summed E-state index contributed by atoms with van der Waals surface area (Å²) in [5.74, 6) is 0. The molecule has 2 heteroatoms. The number of hydrogen-bond donors (Lipinski definition) is 1. The van der Waals surface area contributed by atoms with Gasteiger partial charge in [0.2, 0.25) is 0 Å². The number of benzene rings is 1. The third kappa shape index (κ3) is 7.52. The van der Waals surface area contributed by atoms with E-state index in [1.165, 1.54) is 57.1 Å². The molecule has 1 aromatic carbocycles. The molecule has 1 N–H and O–H groups in total. The van der Waals surface area contributed by atoms with Gasteiger partial charge in [-0.3, -0.25) is 0 Å². The van der Waals surface area contributed by atoms with Crippen molar-refractivity contribution in [2.24, 2.45) is 0 Å². The molecule has 120 valence electrons. The van der Waals surface area contributed by atoms with Crippen molar-refractivity contribution in [3.05, 3.63) is 30.3 Å². The highest BCUT2D eigenvalue weighted by atomic mass is 16.3. The van der Waals surface area contributed by atoms with Gasteiger partial charge in [-0.2, -0.15) is 0 Å². The van der Waals surface area contributed by atoms with Crippen molar-refractivity contribution in [2.75, 3.05) is 18.6 Å². The summed E-state index contributed by atoms with van der Waals surface area (Å²) >= 11 is 0. The third-order valence-corrected chi connectivity index (χ3v) is 4.31. The average Bonchev–Trinajstić information content (AvgIpc) is 2.54. The number of hydrogen-bond acceptors (Lipinski definition) is 2. The third-order valence-electron chi connectivity index (χ3n) is 4.31. The van der Waals surface area contributed by atoms with Crippen LogP contribution < -0.4 is 4.90 Å². The van der Waals surface area contributed by atoms with Crippen molar-refractivity contribution >= 4 is 5.69 Å². The summed E-state index contributed by atoms with van der Waals surface area (Å²) in [6.45, 7) is 2.50. The number of unbranched alkanes of at least 4 members (excludes halogenated alkanes) is 7. The number of nitrogens with zero attached hydrogens (tertiary/aromatic N) is 1. The van der Waals surface area contributed by atoms with E-state index in [-0.39, 0.29) is 12.6 Å². The second-order valence-electron chi connectivity index (χ2n) is 6.05. The van der Waals surface area contributed by atoms with E-state index >= 15 is 0 Å². The number of aliphatic hydroxyl groups is 1. The van der Waals surface area contributed by atoms with E-state index in [1.807, 2.05) is 6.07 Å². The highest BCUT2D eigenvalue weighted by Gasteiger charge is 2.13. The smallest absolute Gasteiger partial charge is 0.0634 e. The van der Waals surface area contributed by atoms with Crippen molar-refractivity contribution in [3.63, 3.8) is 0 Å². The fourth-order valence-electron chi connectivity index (χ4n) is 2.80. The first-order chi connectivity index (χ1) is 10.3. The monoisotopic (exact) mass is 291 g/mol. The molecule has 0 fully saturated rings. The van der Waals surface area contributed by atoms with E-state index in [2.05, 4.69) is 43.1 Å². The van der Waals surface area contributed by atoms with Crippen LogP contribution in [0.25, 0.3) is 0 Å². The van der Waals surface area contributed by atoms with Crippen molar-refractivity contribution in [3.8, 4) is 0 Å². The van der Waals surface area contributed by atoms with E-state index in [9.17, 15) is 5.11 Å². The van der Waals surface area contributed by atoms with Gasteiger partial charge in [0.15, 0.2) is 0 Å². The Kier molecular flexibility index (Phi) is 9.98. The van der Waals surface area contributed by atoms with Gasteiger partial charge in [0.25, 0.3) is 0 Å². The minimum atomic E-state index is 0.238. The second kappa shape index (κ2) is 11.6. The molecule has 0 aliphatic carbocycles. The summed E-state index contributed by atoms with van der Waals surface area (Å²) in [6, 6.07) is 10.6.